The molecule has 0 radical (unpaired) electrons. The first-order chi connectivity index (χ1) is 11.5. The van der Waals surface area contributed by atoms with Gasteiger partial charge in [0.1, 0.15) is 5.75 Å². The Hall–Kier alpha value is -2.83. The zero-order valence-electron chi connectivity index (χ0n) is 13.2. The summed E-state index contributed by atoms with van der Waals surface area (Å²) in [5, 5.41) is 2.74. The van der Waals surface area contributed by atoms with Gasteiger partial charge in [-0.3, -0.25) is 4.79 Å². The quantitative estimate of drug-likeness (QED) is 0.843. The van der Waals surface area contributed by atoms with Crippen LogP contribution in [0, 0.1) is 0 Å². The molecule has 0 saturated heterocycles. The van der Waals surface area contributed by atoms with Crippen molar-refractivity contribution in [3.8, 4) is 17.2 Å². The highest BCUT2D eigenvalue weighted by atomic mass is 19.3. The number of amides is 1. The molecule has 0 heterocycles. The molecule has 0 bridgehead atoms. The van der Waals surface area contributed by atoms with Gasteiger partial charge in [0, 0.05) is 6.54 Å². The molecular formula is C17H17F2NO4. The lowest BCUT2D eigenvalue weighted by Gasteiger charge is -2.12. The Balaban J connectivity index is 2.03. The summed E-state index contributed by atoms with van der Waals surface area (Å²) in [6.07, 6.45) is 0. The number of carbonyl (C=O) groups is 1. The van der Waals surface area contributed by atoms with E-state index in [0.29, 0.717) is 17.1 Å². The number of halogens is 2. The maximum Gasteiger partial charge on any atom is 0.387 e. The van der Waals surface area contributed by atoms with Crippen LogP contribution < -0.4 is 19.5 Å². The van der Waals surface area contributed by atoms with Gasteiger partial charge < -0.3 is 19.5 Å². The molecule has 0 unspecified atom stereocenters. The fraction of sp³-hybridized carbons (Fsp3) is 0.235. The van der Waals surface area contributed by atoms with E-state index >= 15 is 0 Å². The number of para-hydroxylation sites is 1. The van der Waals surface area contributed by atoms with E-state index in [1.165, 1.54) is 26.4 Å². The SMILES string of the molecule is COc1cccc(C(=O)NCc2ccc(OC(F)F)cc2)c1OC. The zero-order chi connectivity index (χ0) is 17.5. The van der Waals surface area contributed by atoms with Gasteiger partial charge in [-0.25, -0.2) is 0 Å². The standard InChI is InChI=1S/C17H17F2NO4/c1-22-14-5-3-4-13(15(14)23-2)16(21)20-10-11-6-8-12(9-7-11)24-17(18)19/h3-9,17H,10H2,1-2H3,(H,20,21). The van der Waals surface area contributed by atoms with Crippen molar-refractivity contribution in [2.45, 2.75) is 13.2 Å². The Bertz CT molecular complexity index is 689. The monoisotopic (exact) mass is 337 g/mol. The topological polar surface area (TPSA) is 56.8 Å². The molecule has 2 aromatic rings. The predicted octanol–water partition coefficient (Wildman–Crippen LogP) is 3.24. The minimum absolute atomic E-state index is 0.0644. The number of carbonyl (C=O) groups excluding carboxylic acids is 1. The first-order valence-corrected chi connectivity index (χ1v) is 7.08. The number of hydrogen-bond donors (Lipinski definition) is 1. The highest BCUT2D eigenvalue weighted by Gasteiger charge is 2.16. The molecule has 5 nitrogen and oxygen atoms in total. The van der Waals surface area contributed by atoms with Crippen LogP contribution in [0.3, 0.4) is 0 Å². The van der Waals surface area contributed by atoms with Crippen LogP contribution in [0.1, 0.15) is 15.9 Å². The lowest BCUT2D eigenvalue weighted by Crippen LogP contribution is -2.23. The van der Waals surface area contributed by atoms with Gasteiger partial charge >= 0.3 is 6.61 Å². The second-order valence-electron chi connectivity index (χ2n) is 4.75. The molecule has 0 aliphatic heterocycles. The minimum Gasteiger partial charge on any atom is -0.493 e. The van der Waals surface area contributed by atoms with Crippen molar-refractivity contribution in [1.29, 1.82) is 0 Å². The maximum absolute atomic E-state index is 12.3. The Morgan fingerprint density at radius 1 is 1.08 bits per heavy atom. The van der Waals surface area contributed by atoms with Crippen LogP contribution in [-0.4, -0.2) is 26.7 Å². The number of benzene rings is 2. The van der Waals surface area contributed by atoms with Crippen molar-refractivity contribution >= 4 is 5.91 Å². The summed E-state index contributed by atoms with van der Waals surface area (Å²) < 4.78 is 38.8. The van der Waals surface area contributed by atoms with Crippen LogP contribution in [-0.2, 0) is 6.54 Å². The molecule has 0 aromatic heterocycles. The Kier molecular flexibility index (Phi) is 5.95. The largest absolute Gasteiger partial charge is 0.493 e. The third kappa shape index (κ3) is 4.34. The first kappa shape index (κ1) is 17.5. The predicted molar refractivity (Wildman–Crippen MR) is 83.8 cm³/mol. The zero-order valence-corrected chi connectivity index (χ0v) is 13.2. The second kappa shape index (κ2) is 8.14. The van der Waals surface area contributed by atoms with Gasteiger partial charge in [0.05, 0.1) is 19.8 Å². The smallest absolute Gasteiger partial charge is 0.387 e. The summed E-state index contributed by atoms with van der Waals surface area (Å²) in [6, 6.07) is 11.0. The van der Waals surface area contributed by atoms with E-state index in [1.54, 1.807) is 30.3 Å². The highest BCUT2D eigenvalue weighted by molar-refractivity contribution is 5.97. The van der Waals surface area contributed by atoms with Gasteiger partial charge in [-0.1, -0.05) is 18.2 Å². The first-order valence-electron chi connectivity index (χ1n) is 7.08. The van der Waals surface area contributed by atoms with Gasteiger partial charge in [-0.2, -0.15) is 8.78 Å². The van der Waals surface area contributed by atoms with Crippen molar-refractivity contribution in [1.82, 2.24) is 5.32 Å². The van der Waals surface area contributed by atoms with E-state index in [9.17, 15) is 13.6 Å². The second-order valence-corrected chi connectivity index (χ2v) is 4.75. The van der Waals surface area contributed by atoms with E-state index in [1.807, 2.05) is 0 Å². The van der Waals surface area contributed by atoms with Crippen LogP contribution in [0.5, 0.6) is 17.2 Å². The van der Waals surface area contributed by atoms with Gasteiger partial charge in [0.2, 0.25) is 0 Å². The molecule has 7 heteroatoms. The summed E-state index contributed by atoms with van der Waals surface area (Å²) in [5.74, 6) is 0.532. The molecule has 0 fully saturated rings. The van der Waals surface area contributed by atoms with Gasteiger partial charge in [-0.05, 0) is 29.8 Å². The normalized spacial score (nSPS) is 10.4. The molecule has 0 atom stereocenters. The fourth-order valence-electron chi connectivity index (χ4n) is 2.13. The van der Waals surface area contributed by atoms with Crippen molar-refractivity contribution in [2.24, 2.45) is 0 Å². The summed E-state index contributed by atoms with van der Waals surface area (Å²) in [4.78, 5) is 12.3. The Morgan fingerprint density at radius 2 is 1.79 bits per heavy atom. The van der Waals surface area contributed by atoms with Crippen LogP contribution in [0.15, 0.2) is 42.5 Å². The van der Waals surface area contributed by atoms with E-state index < -0.39 is 6.61 Å². The van der Waals surface area contributed by atoms with E-state index in [0.717, 1.165) is 5.56 Å². The maximum atomic E-state index is 12.3. The summed E-state index contributed by atoms with van der Waals surface area (Å²) >= 11 is 0. The molecule has 1 N–H and O–H groups in total. The third-order valence-electron chi connectivity index (χ3n) is 3.25. The number of rotatable bonds is 7. The molecular weight excluding hydrogens is 320 g/mol. The fourth-order valence-corrected chi connectivity index (χ4v) is 2.13. The van der Waals surface area contributed by atoms with E-state index in [2.05, 4.69) is 10.1 Å². The molecule has 0 saturated carbocycles. The Morgan fingerprint density at radius 3 is 2.38 bits per heavy atom. The summed E-state index contributed by atoms with van der Waals surface area (Å²) in [6.45, 7) is -2.63. The number of nitrogens with one attached hydrogen (secondary N) is 1. The van der Waals surface area contributed by atoms with Crippen LogP contribution in [0.25, 0.3) is 0 Å². The minimum atomic E-state index is -2.86. The van der Waals surface area contributed by atoms with Crippen LogP contribution >= 0.6 is 0 Å². The van der Waals surface area contributed by atoms with Gasteiger partial charge in [-0.15, -0.1) is 0 Å². The van der Waals surface area contributed by atoms with Gasteiger partial charge in [0.15, 0.2) is 11.5 Å². The van der Waals surface area contributed by atoms with Crippen LogP contribution in [0.2, 0.25) is 0 Å². The van der Waals surface area contributed by atoms with Crippen molar-refractivity contribution < 1.29 is 27.8 Å². The van der Waals surface area contributed by atoms with E-state index in [4.69, 9.17) is 9.47 Å². The van der Waals surface area contributed by atoms with Gasteiger partial charge in [0.25, 0.3) is 5.91 Å². The highest BCUT2D eigenvalue weighted by Crippen LogP contribution is 2.30. The number of methoxy groups -OCH3 is 2. The molecule has 24 heavy (non-hydrogen) atoms. The Labute approximate surface area is 138 Å². The van der Waals surface area contributed by atoms with Crippen molar-refractivity contribution in [2.75, 3.05) is 14.2 Å². The van der Waals surface area contributed by atoms with Crippen molar-refractivity contribution in [3.05, 3.63) is 53.6 Å². The lowest BCUT2D eigenvalue weighted by molar-refractivity contribution is -0.0498. The molecule has 2 aromatic carbocycles. The van der Waals surface area contributed by atoms with Crippen molar-refractivity contribution in [3.63, 3.8) is 0 Å². The lowest BCUT2D eigenvalue weighted by atomic mass is 10.1. The number of hydrogen-bond acceptors (Lipinski definition) is 4. The number of alkyl halides is 2. The molecule has 1 amide bonds. The summed E-state index contributed by atoms with van der Waals surface area (Å²) in [5.41, 5.74) is 1.08. The average molecular weight is 337 g/mol. The number of ether oxygens (including phenoxy) is 3. The molecule has 0 aliphatic rings. The average Bonchev–Trinajstić information content (AvgIpc) is 2.59. The molecule has 128 valence electrons. The molecule has 0 aliphatic carbocycles. The third-order valence-corrected chi connectivity index (χ3v) is 3.25. The molecule has 2 rings (SSSR count). The summed E-state index contributed by atoms with van der Waals surface area (Å²) in [7, 11) is 2.94. The molecule has 0 spiro atoms. The van der Waals surface area contributed by atoms with Crippen LogP contribution in [0.4, 0.5) is 8.78 Å². The van der Waals surface area contributed by atoms with E-state index in [-0.39, 0.29) is 18.2 Å².